The summed E-state index contributed by atoms with van der Waals surface area (Å²) in [4.78, 5) is 14.1. The van der Waals surface area contributed by atoms with Gasteiger partial charge in [-0.1, -0.05) is 65.7 Å². The van der Waals surface area contributed by atoms with Crippen molar-refractivity contribution in [3.63, 3.8) is 0 Å². The van der Waals surface area contributed by atoms with E-state index in [9.17, 15) is 13.6 Å². The number of piperidine rings is 1. The third-order valence-corrected chi connectivity index (χ3v) is 6.99. The van der Waals surface area contributed by atoms with Crippen molar-refractivity contribution < 1.29 is 13.6 Å². The number of nitrogens with one attached hydrogen (secondary N) is 1. The van der Waals surface area contributed by atoms with E-state index >= 15 is 0 Å². The fraction of sp³-hybridized carbons (Fsp3) is 0.381. The van der Waals surface area contributed by atoms with Gasteiger partial charge in [0.05, 0.1) is 10.0 Å². The first kappa shape index (κ1) is 23.0. The summed E-state index contributed by atoms with van der Waals surface area (Å²) in [5.41, 5.74) is 1.85. The third kappa shape index (κ3) is 6.18. The number of likely N-dealkylation sites (tertiary alicyclic amines) is 1. The van der Waals surface area contributed by atoms with E-state index in [4.69, 9.17) is 23.2 Å². The van der Waals surface area contributed by atoms with Crippen LogP contribution in [-0.4, -0.2) is 49.7 Å². The number of carbonyl (C=O) groups excluding carboxylic acids is 1. The maximum absolute atomic E-state index is 12.4. The second kappa shape index (κ2) is 11.1. The molecule has 6 nitrogen and oxygen atoms in total. The zero-order valence-corrected chi connectivity index (χ0v) is 18.8. The lowest BCUT2D eigenvalue weighted by Crippen LogP contribution is -2.50. The Morgan fingerprint density at radius 2 is 1.83 bits per heavy atom. The minimum absolute atomic E-state index is 0.127. The van der Waals surface area contributed by atoms with E-state index in [1.54, 1.807) is 17.0 Å². The minimum atomic E-state index is -2.35. The summed E-state index contributed by atoms with van der Waals surface area (Å²) in [6.07, 6.45) is 1.66. The Morgan fingerprint density at radius 3 is 2.50 bits per heavy atom. The molecule has 9 heteroatoms. The Hall–Kier alpha value is -1.64. The first-order chi connectivity index (χ1) is 14.5. The fourth-order valence-electron chi connectivity index (χ4n) is 3.59. The molecule has 1 atom stereocenters. The van der Waals surface area contributed by atoms with Crippen LogP contribution in [0, 0.1) is 0 Å². The molecule has 0 radical (unpaired) electrons. The van der Waals surface area contributed by atoms with Crippen molar-refractivity contribution >= 4 is 40.5 Å². The molecule has 0 aliphatic carbocycles. The lowest BCUT2D eigenvalue weighted by molar-refractivity contribution is 0.156. The number of benzene rings is 2. The highest BCUT2D eigenvalue weighted by atomic mass is 35.5. The van der Waals surface area contributed by atoms with E-state index in [0.29, 0.717) is 55.5 Å². The molecule has 1 fully saturated rings. The predicted octanol–water partition coefficient (Wildman–Crippen LogP) is 4.01. The predicted molar refractivity (Wildman–Crippen MR) is 119 cm³/mol. The summed E-state index contributed by atoms with van der Waals surface area (Å²) >= 11 is 9.91. The van der Waals surface area contributed by atoms with Gasteiger partial charge in [0, 0.05) is 43.5 Å². The normalized spacial score (nSPS) is 15.9. The van der Waals surface area contributed by atoms with Crippen LogP contribution in [0.2, 0.25) is 10.0 Å². The van der Waals surface area contributed by atoms with Crippen LogP contribution in [0.15, 0.2) is 48.5 Å². The monoisotopic (exact) mass is 468 g/mol. The molecule has 3 rings (SSSR count). The van der Waals surface area contributed by atoms with Crippen LogP contribution in [0.3, 0.4) is 0 Å². The first-order valence-electron chi connectivity index (χ1n) is 9.81. The molecular weight excluding hydrogens is 445 g/mol. The van der Waals surface area contributed by atoms with Crippen molar-refractivity contribution in [2.75, 3.05) is 19.6 Å². The van der Waals surface area contributed by atoms with Crippen LogP contribution in [0.25, 0.3) is 0 Å². The Kier molecular flexibility index (Phi) is 8.53. The molecule has 1 aliphatic rings. The largest absolute Gasteiger partial charge is 0.760 e. The van der Waals surface area contributed by atoms with Gasteiger partial charge in [-0.15, -0.1) is 0 Å². The topological polar surface area (TPSA) is 75.7 Å². The zero-order valence-electron chi connectivity index (χ0n) is 16.4. The molecule has 2 aromatic carbocycles. The first-order valence-corrected chi connectivity index (χ1v) is 11.6. The number of urea groups is 1. The maximum Gasteiger partial charge on any atom is 0.317 e. The van der Waals surface area contributed by atoms with Gasteiger partial charge in [0.1, 0.15) is 0 Å². The maximum atomic E-state index is 12.4. The third-order valence-electron chi connectivity index (χ3n) is 5.27. The van der Waals surface area contributed by atoms with Gasteiger partial charge in [-0.05, 0) is 36.5 Å². The Labute approximate surface area is 189 Å². The van der Waals surface area contributed by atoms with Gasteiger partial charge in [0.15, 0.2) is 0 Å². The lowest BCUT2D eigenvalue weighted by Gasteiger charge is -2.39. The molecule has 2 aromatic rings. The van der Waals surface area contributed by atoms with Crippen molar-refractivity contribution in [3.8, 4) is 0 Å². The van der Waals surface area contributed by atoms with Gasteiger partial charge in [-0.3, -0.25) is 4.21 Å². The van der Waals surface area contributed by atoms with Crippen molar-refractivity contribution in [2.45, 2.75) is 31.8 Å². The highest BCUT2D eigenvalue weighted by molar-refractivity contribution is 7.76. The number of amides is 2. The van der Waals surface area contributed by atoms with Gasteiger partial charge in [0.25, 0.3) is 0 Å². The summed E-state index contributed by atoms with van der Waals surface area (Å²) in [6, 6.07) is 14.8. The summed E-state index contributed by atoms with van der Waals surface area (Å²) in [5, 5.41) is 3.83. The summed E-state index contributed by atoms with van der Waals surface area (Å²) in [5.74, 6) is 0. The van der Waals surface area contributed by atoms with E-state index in [1.165, 1.54) is 4.31 Å². The number of hydrogen-bond acceptors (Lipinski definition) is 3. The number of nitrogens with zero attached hydrogens (tertiary/aromatic N) is 2. The molecule has 0 bridgehead atoms. The average Bonchev–Trinajstić information content (AvgIpc) is 2.76. The van der Waals surface area contributed by atoms with Crippen LogP contribution in [0.4, 0.5) is 4.79 Å². The molecule has 0 spiro atoms. The van der Waals surface area contributed by atoms with Crippen molar-refractivity contribution in [3.05, 3.63) is 69.7 Å². The lowest BCUT2D eigenvalue weighted by atomic mass is 10.0. The van der Waals surface area contributed by atoms with Gasteiger partial charge >= 0.3 is 6.03 Å². The highest BCUT2D eigenvalue weighted by Crippen LogP contribution is 2.27. The molecular formula is C21H24Cl2N3O3S-. The molecule has 2 amide bonds. The van der Waals surface area contributed by atoms with E-state index < -0.39 is 11.3 Å². The van der Waals surface area contributed by atoms with Crippen molar-refractivity contribution in [1.29, 1.82) is 0 Å². The van der Waals surface area contributed by atoms with Crippen LogP contribution in [-0.2, 0) is 24.2 Å². The number of carbonyl (C=O) groups is 1. The molecule has 1 heterocycles. The van der Waals surface area contributed by atoms with Gasteiger partial charge in [-0.2, -0.15) is 0 Å². The molecule has 0 aromatic heterocycles. The molecule has 30 heavy (non-hydrogen) atoms. The standard InChI is InChI=1S/C21H25Cl2N3O3S/c22-19-8-4-7-17(20(19)23)9-14-26(30(28)29)18-10-12-25(13-11-18)21(27)24-15-16-5-2-1-3-6-16/h1-8,18H,9-15H2,(H,24,27)(H,28,29)/p-1. The van der Waals surface area contributed by atoms with Crippen LogP contribution in [0.5, 0.6) is 0 Å². The van der Waals surface area contributed by atoms with Crippen LogP contribution >= 0.6 is 23.2 Å². The van der Waals surface area contributed by atoms with E-state index in [1.807, 2.05) is 36.4 Å². The average molecular weight is 469 g/mol. The second-order valence-electron chi connectivity index (χ2n) is 7.18. The number of rotatable bonds is 7. The molecule has 1 unspecified atom stereocenters. The quantitative estimate of drug-likeness (QED) is 0.623. The Morgan fingerprint density at radius 1 is 1.13 bits per heavy atom. The molecule has 1 N–H and O–H groups in total. The van der Waals surface area contributed by atoms with Crippen LogP contribution in [0.1, 0.15) is 24.0 Å². The van der Waals surface area contributed by atoms with Gasteiger partial charge < -0.3 is 14.8 Å². The molecule has 162 valence electrons. The summed E-state index contributed by atoms with van der Waals surface area (Å²) in [6.45, 7) is 1.81. The van der Waals surface area contributed by atoms with Gasteiger partial charge in [-0.25, -0.2) is 9.10 Å². The Bertz CT molecular complexity index is 877. The van der Waals surface area contributed by atoms with E-state index in [-0.39, 0.29) is 12.1 Å². The number of hydrogen-bond donors (Lipinski definition) is 1. The molecule has 1 aliphatic heterocycles. The second-order valence-corrected chi connectivity index (χ2v) is 8.87. The fourth-order valence-corrected chi connectivity index (χ4v) is 4.70. The SMILES string of the molecule is O=C(NCc1ccccc1)N1CCC(N(CCc2cccc(Cl)c2Cl)S(=O)[O-])CC1. The number of halogens is 2. The summed E-state index contributed by atoms with van der Waals surface area (Å²) in [7, 11) is 0. The van der Waals surface area contributed by atoms with E-state index in [0.717, 1.165) is 11.1 Å². The van der Waals surface area contributed by atoms with Crippen molar-refractivity contribution in [1.82, 2.24) is 14.5 Å². The van der Waals surface area contributed by atoms with E-state index in [2.05, 4.69) is 5.32 Å². The van der Waals surface area contributed by atoms with Crippen molar-refractivity contribution in [2.24, 2.45) is 0 Å². The van der Waals surface area contributed by atoms with Gasteiger partial charge in [0.2, 0.25) is 0 Å². The smallest absolute Gasteiger partial charge is 0.317 e. The minimum Gasteiger partial charge on any atom is -0.760 e. The molecule has 0 saturated carbocycles. The summed E-state index contributed by atoms with van der Waals surface area (Å²) < 4.78 is 25.1. The zero-order chi connectivity index (χ0) is 21.5. The van der Waals surface area contributed by atoms with Crippen LogP contribution < -0.4 is 5.32 Å². The molecule has 1 saturated heterocycles. The Balaban J connectivity index is 1.50. The highest BCUT2D eigenvalue weighted by Gasteiger charge is 2.27.